The van der Waals surface area contributed by atoms with Crippen molar-refractivity contribution in [3.63, 3.8) is 0 Å². The van der Waals surface area contributed by atoms with Gasteiger partial charge in [0, 0.05) is 0 Å². The summed E-state index contributed by atoms with van der Waals surface area (Å²) in [7, 11) is -9.86. The summed E-state index contributed by atoms with van der Waals surface area (Å²) in [5.74, 6) is -3.61. The van der Waals surface area contributed by atoms with E-state index in [1.54, 1.807) is 0 Å². The third kappa shape index (κ3) is 2.56. The Morgan fingerprint density at radius 3 is 1.15 bits per heavy atom. The van der Waals surface area contributed by atoms with Gasteiger partial charge in [-0.05, 0) is 27.7 Å². The predicted molar refractivity (Wildman–Crippen MR) is 73.9 cm³/mol. The molecule has 116 valence electrons. The summed E-state index contributed by atoms with van der Waals surface area (Å²) in [5, 5.41) is 17.7. The number of hydrogen-bond acceptors (Lipinski definition) is 7. The fourth-order valence-corrected chi connectivity index (χ4v) is 5.74. The van der Waals surface area contributed by atoms with Gasteiger partial charge in [-0.3, -0.25) is 9.59 Å². The molecule has 0 atom stereocenters. The van der Waals surface area contributed by atoms with Gasteiger partial charge in [0.05, 0.1) is 0 Å². The Balaban J connectivity index is 6.21. The summed E-state index contributed by atoms with van der Waals surface area (Å²) in [6.45, 7) is 3.06. The van der Waals surface area contributed by atoms with E-state index in [0.29, 0.717) is 0 Å². The highest BCUT2D eigenvalue weighted by Crippen LogP contribution is 2.28. The maximum Gasteiger partial charge on any atom is 0.324 e. The van der Waals surface area contributed by atoms with Crippen LogP contribution in [0.3, 0.4) is 0 Å². The average molecular weight is 346 g/mol. The van der Waals surface area contributed by atoms with Crippen LogP contribution in [0.15, 0.2) is 0 Å². The zero-order chi connectivity index (χ0) is 16.7. The van der Waals surface area contributed by atoms with Crippen LogP contribution in [0.25, 0.3) is 0 Å². The Morgan fingerprint density at radius 2 is 1.00 bits per heavy atom. The van der Waals surface area contributed by atoms with Gasteiger partial charge < -0.3 is 10.2 Å². The van der Waals surface area contributed by atoms with Crippen LogP contribution in [0.5, 0.6) is 0 Å². The summed E-state index contributed by atoms with van der Waals surface area (Å²) in [4.78, 5) is 21.9. The molecule has 0 aromatic rings. The molecule has 0 bridgehead atoms. The van der Waals surface area contributed by atoms with Crippen LogP contribution < -0.4 is 0 Å². The Bertz CT molecular complexity index is 608. The number of rotatable bonds is 4. The molecule has 0 heterocycles. The van der Waals surface area contributed by atoms with E-state index in [-0.39, 0.29) is 0 Å². The first-order valence-electron chi connectivity index (χ1n) is 5.04. The quantitative estimate of drug-likeness (QED) is 0.663. The van der Waals surface area contributed by atoms with Crippen molar-refractivity contribution >= 4 is 47.4 Å². The first-order valence-corrected chi connectivity index (χ1v) is 8.42. The number of carboxylic acid groups (broad SMARTS) is 2. The highest BCUT2D eigenvalue weighted by atomic mass is 32.3. The summed E-state index contributed by atoms with van der Waals surface area (Å²) in [5.41, 5.74) is 0. The fourth-order valence-electron chi connectivity index (χ4n) is 0.791. The third-order valence-corrected chi connectivity index (χ3v) is 9.36. The van der Waals surface area contributed by atoms with Gasteiger partial charge in [-0.15, -0.1) is 0 Å². The molecule has 2 N–H and O–H groups in total. The summed E-state index contributed by atoms with van der Waals surface area (Å²) >= 11 is 4.36. The van der Waals surface area contributed by atoms with Gasteiger partial charge in [-0.1, -0.05) is 12.2 Å². The molecular formula is C9H14O8S3. The lowest BCUT2D eigenvalue weighted by Gasteiger charge is -2.24. The highest BCUT2D eigenvalue weighted by Gasteiger charge is 2.54. The second-order valence-corrected chi connectivity index (χ2v) is 10.9. The summed E-state index contributed by atoms with van der Waals surface area (Å²) in [6.07, 6.45) is 0. The van der Waals surface area contributed by atoms with Gasteiger partial charge in [-0.2, -0.15) is 0 Å². The third-order valence-electron chi connectivity index (χ3n) is 2.81. The number of carboxylic acids is 2. The molecule has 0 aliphatic rings. The topological polar surface area (TPSA) is 143 Å². The lowest BCUT2D eigenvalue weighted by molar-refractivity contribution is -0.140. The van der Waals surface area contributed by atoms with Crippen LogP contribution in [-0.2, 0) is 29.3 Å². The van der Waals surface area contributed by atoms with Crippen molar-refractivity contribution in [1.29, 1.82) is 0 Å². The summed E-state index contributed by atoms with van der Waals surface area (Å²) in [6, 6.07) is 0. The predicted octanol–water partition coefficient (Wildman–Crippen LogP) is -0.173. The Hall–Kier alpha value is -1.07. The number of hydrogen-bond donors (Lipinski definition) is 2. The molecule has 0 radical (unpaired) electrons. The molecule has 8 nitrogen and oxygen atoms in total. The van der Waals surface area contributed by atoms with Crippen LogP contribution in [0, 0.1) is 0 Å². The molecule has 0 rings (SSSR count). The smallest absolute Gasteiger partial charge is 0.324 e. The molecule has 0 saturated carbocycles. The molecular weight excluding hydrogens is 332 g/mol. The normalized spacial score (nSPS) is 13.8. The molecule has 0 fully saturated rings. The minimum atomic E-state index is -4.93. The molecule has 0 spiro atoms. The summed E-state index contributed by atoms with van der Waals surface area (Å²) < 4.78 is 41.5. The fraction of sp³-hybridized carbons (Fsp3) is 0.667. The Labute approximate surface area is 121 Å². The standard InChI is InChI=1S/C9H14O8S3/c1-8(2,5(10)11)19(14,15)7(18)20(16,17)9(3,4)6(12)13/h1-4H3,(H,10,11)(H,12,13). The molecule has 0 saturated heterocycles. The molecule has 0 aromatic heterocycles. The minimum Gasteiger partial charge on any atom is -0.480 e. The van der Waals surface area contributed by atoms with Crippen LogP contribution in [0.4, 0.5) is 0 Å². The van der Waals surface area contributed by atoms with Crippen molar-refractivity contribution in [1.82, 2.24) is 0 Å². The first kappa shape index (κ1) is 18.9. The van der Waals surface area contributed by atoms with E-state index in [2.05, 4.69) is 12.2 Å². The maximum absolute atomic E-state index is 12.0. The number of aliphatic carboxylic acids is 2. The van der Waals surface area contributed by atoms with E-state index >= 15 is 0 Å². The van der Waals surface area contributed by atoms with Crippen molar-refractivity contribution in [3.8, 4) is 0 Å². The zero-order valence-electron chi connectivity index (χ0n) is 11.1. The molecule has 0 aliphatic heterocycles. The van der Waals surface area contributed by atoms with Gasteiger partial charge in [0.2, 0.25) is 23.2 Å². The molecule has 0 aliphatic carbocycles. The number of sulfone groups is 2. The maximum atomic E-state index is 12.0. The van der Waals surface area contributed by atoms with Gasteiger partial charge in [0.1, 0.15) is 0 Å². The van der Waals surface area contributed by atoms with Crippen LogP contribution in [0.1, 0.15) is 27.7 Å². The van der Waals surface area contributed by atoms with Gasteiger partial charge >= 0.3 is 11.9 Å². The molecule has 20 heavy (non-hydrogen) atoms. The second kappa shape index (κ2) is 5.04. The van der Waals surface area contributed by atoms with E-state index in [1.165, 1.54) is 0 Å². The Morgan fingerprint density at radius 1 is 0.800 bits per heavy atom. The lowest BCUT2D eigenvalue weighted by Crippen LogP contribution is -2.51. The van der Waals surface area contributed by atoms with E-state index < -0.39 is 44.6 Å². The van der Waals surface area contributed by atoms with Gasteiger partial charge in [0.15, 0.2) is 9.49 Å². The Kier molecular flexibility index (Phi) is 4.77. The molecule has 11 heteroatoms. The van der Waals surface area contributed by atoms with Crippen molar-refractivity contribution in [2.75, 3.05) is 0 Å². The minimum absolute atomic E-state index is 0.764. The van der Waals surface area contributed by atoms with Crippen molar-refractivity contribution in [3.05, 3.63) is 0 Å². The van der Waals surface area contributed by atoms with Crippen molar-refractivity contribution < 1.29 is 36.6 Å². The monoisotopic (exact) mass is 346 g/mol. The SMILES string of the molecule is CC(C)(C(=O)O)S(=O)(=O)C(=S)S(=O)(=O)C(C)(C)C(=O)O. The second-order valence-electron chi connectivity index (χ2n) is 4.89. The highest BCUT2D eigenvalue weighted by molar-refractivity contribution is 8.41. The van der Waals surface area contributed by atoms with Crippen LogP contribution in [-0.4, -0.2) is 52.0 Å². The molecule has 0 unspecified atom stereocenters. The van der Waals surface area contributed by atoms with E-state index in [9.17, 15) is 26.4 Å². The number of carbonyl (C=O) groups is 2. The lowest BCUT2D eigenvalue weighted by atomic mass is 10.2. The van der Waals surface area contributed by atoms with Crippen LogP contribution in [0.2, 0.25) is 0 Å². The first-order chi connectivity index (χ1) is 8.54. The van der Waals surface area contributed by atoms with Crippen LogP contribution >= 0.6 is 12.2 Å². The molecule has 0 amide bonds. The van der Waals surface area contributed by atoms with E-state index in [0.717, 1.165) is 27.7 Å². The van der Waals surface area contributed by atoms with Gasteiger partial charge in [0.25, 0.3) is 0 Å². The van der Waals surface area contributed by atoms with Gasteiger partial charge in [-0.25, -0.2) is 16.8 Å². The molecule has 0 aromatic carbocycles. The van der Waals surface area contributed by atoms with E-state index in [4.69, 9.17) is 10.2 Å². The number of thiocarbonyl (C=S) groups is 1. The van der Waals surface area contributed by atoms with E-state index in [1.807, 2.05) is 0 Å². The average Bonchev–Trinajstić information content (AvgIpc) is 2.26. The van der Waals surface area contributed by atoms with Crippen molar-refractivity contribution in [2.45, 2.75) is 37.2 Å². The van der Waals surface area contributed by atoms with Crippen molar-refractivity contribution in [2.24, 2.45) is 0 Å². The largest absolute Gasteiger partial charge is 0.480 e. The zero-order valence-corrected chi connectivity index (χ0v) is 13.5.